The van der Waals surface area contributed by atoms with E-state index >= 15 is 0 Å². The third kappa shape index (κ3) is 17.5. The SMILES string of the molecule is CCCC1=CCC(C)=[C-]1.CCCC1=CCC(C)=[C-]1.C[SiH]C.[Cl-].[Cl-].[Zr+4]. The zero-order chi connectivity index (χ0) is 16.1. The van der Waals surface area contributed by atoms with Gasteiger partial charge >= 0.3 is 26.2 Å². The first-order valence-corrected chi connectivity index (χ1v) is 10.7. The van der Waals surface area contributed by atoms with Crippen molar-refractivity contribution < 1.29 is 51.0 Å². The Kier molecular flexibility index (Phi) is 29.2. The van der Waals surface area contributed by atoms with E-state index in [0.29, 0.717) is 0 Å². The molecule has 0 aromatic rings. The summed E-state index contributed by atoms with van der Waals surface area (Å²) in [5, 5.41) is 0. The molecule has 2 rings (SSSR count). The second-order valence-electron chi connectivity index (χ2n) is 5.75. The molecule has 135 valence electrons. The second kappa shape index (κ2) is 21.7. The van der Waals surface area contributed by atoms with Gasteiger partial charge in [0, 0.05) is 9.52 Å². The summed E-state index contributed by atoms with van der Waals surface area (Å²) >= 11 is 0. The van der Waals surface area contributed by atoms with Crippen molar-refractivity contribution in [3.8, 4) is 0 Å². The van der Waals surface area contributed by atoms with Gasteiger partial charge in [-0.3, -0.25) is 0 Å². The van der Waals surface area contributed by atoms with Crippen molar-refractivity contribution in [1.29, 1.82) is 0 Å². The molecule has 0 unspecified atom stereocenters. The maximum Gasteiger partial charge on any atom is 4.00 e. The molecule has 0 saturated carbocycles. The van der Waals surface area contributed by atoms with Gasteiger partial charge in [-0.1, -0.05) is 79.3 Å². The van der Waals surface area contributed by atoms with Gasteiger partial charge in [0.2, 0.25) is 0 Å². The van der Waals surface area contributed by atoms with Crippen LogP contribution < -0.4 is 24.8 Å². The van der Waals surface area contributed by atoms with E-state index in [-0.39, 0.29) is 51.0 Å². The molecule has 4 heteroatoms. The van der Waals surface area contributed by atoms with Crippen LogP contribution in [0.3, 0.4) is 0 Å². The first kappa shape index (κ1) is 32.3. The molecule has 0 aliphatic heterocycles. The van der Waals surface area contributed by atoms with Gasteiger partial charge in [-0.2, -0.15) is 11.1 Å². The predicted octanol–water partition coefficient (Wildman–Crippen LogP) is 0.257. The summed E-state index contributed by atoms with van der Waals surface area (Å²) in [5.74, 6) is 0. The molecule has 0 amide bonds. The summed E-state index contributed by atoms with van der Waals surface area (Å²) in [6, 6.07) is 0. The van der Waals surface area contributed by atoms with E-state index in [1.165, 1.54) is 48.0 Å². The monoisotopic (exact) mass is 461 g/mol. The van der Waals surface area contributed by atoms with Crippen molar-refractivity contribution in [2.45, 2.75) is 79.3 Å². The summed E-state index contributed by atoms with van der Waals surface area (Å²) in [7, 11) is 0.750. The van der Waals surface area contributed by atoms with Crippen molar-refractivity contribution in [2.75, 3.05) is 0 Å². The topological polar surface area (TPSA) is 0 Å². The van der Waals surface area contributed by atoms with E-state index in [1.54, 1.807) is 0 Å². The van der Waals surface area contributed by atoms with Gasteiger partial charge in [0.1, 0.15) is 0 Å². The molecule has 0 N–H and O–H groups in total. The molecule has 0 atom stereocenters. The Labute approximate surface area is 185 Å². The van der Waals surface area contributed by atoms with Crippen LogP contribution in [0, 0.1) is 12.2 Å². The molecule has 1 radical (unpaired) electrons. The molecule has 0 nitrogen and oxygen atoms in total. The van der Waals surface area contributed by atoms with Crippen LogP contribution >= 0.6 is 0 Å². The van der Waals surface area contributed by atoms with Crippen LogP contribution in [0.4, 0.5) is 0 Å². The van der Waals surface area contributed by atoms with Crippen molar-refractivity contribution in [2.24, 2.45) is 0 Å². The minimum atomic E-state index is 0. The molecule has 0 aromatic heterocycles. The van der Waals surface area contributed by atoms with Crippen LogP contribution in [0.5, 0.6) is 0 Å². The molecule has 0 bridgehead atoms. The van der Waals surface area contributed by atoms with Gasteiger partial charge in [0.05, 0.1) is 0 Å². The molecule has 0 spiro atoms. The van der Waals surface area contributed by atoms with Crippen LogP contribution in [0.1, 0.15) is 66.2 Å². The predicted molar refractivity (Wildman–Crippen MR) is 99.0 cm³/mol. The second-order valence-corrected chi connectivity index (χ2v) is 6.91. The maximum absolute atomic E-state index is 3.33. The number of halogens is 2. The summed E-state index contributed by atoms with van der Waals surface area (Å²) in [6.07, 6.45) is 18.4. The third-order valence-corrected chi connectivity index (χ3v) is 3.10. The number of hydrogen-bond acceptors (Lipinski definition) is 0. The van der Waals surface area contributed by atoms with Gasteiger partial charge in [0.15, 0.2) is 0 Å². The van der Waals surface area contributed by atoms with Crippen LogP contribution in [-0.2, 0) is 26.2 Å². The smallest absolute Gasteiger partial charge is 1.00 e. The van der Waals surface area contributed by atoms with Gasteiger partial charge in [-0.05, 0) is 0 Å². The summed E-state index contributed by atoms with van der Waals surface area (Å²) in [4.78, 5) is 0. The zero-order valence-electron chi connectivity index (χ0n) is 16.2. The molecular formula is C20H33Cl2SiZr. The average Bonchev–Trinajstić information content (AvgIpc) is 3.02. The van der Waals surface area contributed by atoms with E-state index in [2.05, 4.69) is 65.1 Å². The first-order valence-electron chi connectivity index (χ1n) is 8.38. The van der Waals surface area contributed by atoms with Gasteiger partial charge in [-0.25, -0.2) is 35.5 Å². The van der Waals surface area contributed by atoms with Gasteiger partial charge in [-0.15, -0.1) is 0 Å². The summed E-state index contributed by atoms with van der Waals surface area (Å²) < 4.78 is 0. The minimum Gasteiger partial charge on any atom is -1.00 e. The van der Waals surface area contributed by atoms with Gasteiger partial charge < -0.3 is 24.8 Å². The van der Waals surface area contributed by atoms with Crippen LogP contribution in [-0.4, -0.2) is 9.52 Å². The van der Waals surface area contributed by atoms with Crippen molar-refractivity contribution in [1.82, 2.24) is 0 Å². The van der Waals surface area contributed by atoms with Crippen molar-refractivity contribution >= 4 is 9.52 Å². The standard InChI is InChI=1S/2C9H13.C2H7Si.2ClH.Zr/c2*1-3-4-9-6-5-8(2)7-9;1-3-2;;;/h2*6H,3-5H2,1-2H3;3H,1-2H3;2*1H;/q2*-1;;;;+4/p-2. The number of rotatable bonds is 4. The molecule has 24 heavy (non-hydrogen) atoms. The molecule has 2 aliphatic rings. The Morgan fingerprint density at radius 2 is 1.12 bits per heavy atom. The number of allylic oxidation sites excluding steroid dienone is 8. The molecule has 0 heterocycles. The fourth-order valence-electron chi connectivity index (χ4n) is 2.17. The average molecular weight is 464 g/mol. The van der Waals surface area contributed by atoms with E-state index in [1.807, 2.05) is 0 Å². The Morgan fingerprint density at radius 3 is 1.29 bits per heavy atom. The van der Waals surface area contributed by atoms with E-state index in [0.717, 1.165) is 22.4 Å². The first-order chi connectivity index (χ1) is 10.1. The van der Waals surface area contributed by atoms with Crippen molar-refractivity contribution in [3.63, 3.8) is 0 Å². The quantitative estimate of drug-likeness (QED) is 0.415. The van der Waals surface area contributed by atoms with E-state index < -0.39 is 0 Å². The molecule has 2 aliphatic carbocycles. The van der Waals surface area contributed by atoms with Crippen LogP contribution in [0.2, 0.25) is 13.1 Å². The normalized spacial score (nSPS) is 13.9. The fourth-order valence-corrected chi connectivity index (χ4v) is 2.17. The van der Waals surface area contributed by atoms with Gasteiger partial charge in [0.25, 0.3) is 0 Å². The molecule has 0 aromatic carbocycles. The third-order valence-electron chi connectivity index (χ3n) is 3.10. The Morgan fingerprint density at radius 1 is 0.833 bits per heavy atom. The van der Waals surface area contributed by atoms with Crippen molar-refractivity contribution in [3.05, 3.63) is 46.6 Å². The molecular weight excluding hydrogens is 430 g/mol. The number of hydrogen-bond donors (Lipinski definition) is 0. The largest absolute Gasteiger partial charge is 4.00 e. The van der Waals surface area contributed by atoms with E-state index in [4.69, 9.17) is 0 Å². The Hall–Kier alpha value is 0.640. The Balaban J connectivity index is -0.000000130. The zero-order valence-corrected chi connectivity index (χ0v) is 21.4. The van der Waals surface area contributed by atoms with E-state index in [9.17, 15) is 0 Å². The minimum absolute atomic E-state index is 0. The summed E-state index contributed by atoms with van der Waals surface area (Å²) in [5.41, 5.74) is 5.60. The van der Waals surface area contributed by atoms with Crippen LogP contribution in [0.15, 0.2) is 34.4 Å². The summed E-state index contributed by atoms with van der Waals surface area (Å²) in [6.45, 7) is 13.1. The maximum atomic E-state index is 3.33. The Bertz CT molecular complexity index is 372. The molecule has 0 fully saturated rings. The fraction of sp³-hybridized carbons (Fsp3) is 0.600. The van der Waals surface area contributed by atoms with Crippen LogP contribution in [0.25, 0.3) is 0 Å². The molecule has 0 saturated heterocycles.